The average molecular weight is 450 g/mol. The Hall–Kier alpha value is -3.74. The fourth-order valence-electron chi connectivity index (χ4n) is 3.51. The predicted molar refractivity (Wildman–Crippen MR) is 121 cm³/mol. The molecule has 0 heterocycles. The van der Waals surface area contributed by atoms with Gasteiger partial charge in [-0.3, -0.25) is 9.59 Å². The molecule has 0 radical (unpaired) electrons. The largest absolute Gasteiger partial charge is 0.484 e. The standard InChI is InChI=1S/C26H24F2N2O3/c27-20-6-1-4-17(12-20)13-24(19-5-2-7-21(28)14-19)30-25(31)16-33-23-9-3-8-22(15-23)29-26(32)18-10-11-18/h1-9,12,14-15,18,24H,10-11,13,16H2,(H,29,32)(H,30,31). The lowest BCUT2D eigenvalue weighted by atomic mass is 9.98. The lowest BCUT2D eigenvalue weighted by Gasteiger charge is -2.20. The van der Waals surface area contributed by atoms with E-state index in [1.807, 2.05) is 0 Å². The summed E-state index contributed by atoms with van der Waals surface area (Å²) in [5.74, 6) is -0.709. The summed E-state index contributed by atoms with van der Waals surface area (Å²) in [5.41, 5.74) is 1.84. The van der Waals surface area contributed by atoms with Gasteiger partial charge in [-0.05, 0) is 66.8 Å². The van der Waals surface area contributed by atoms with Crippen LogP contribution in [0, 0.1) is 17.6 Å². The summed E-state index contributed by atoms with van der Waals surface area (Å²) in [6.45, 7) is -0.269. The van der Waals surface area contributed by atoms with Gasteiger partial charge in [-0.15, -0.1) is 0 Å². The van der Waals surface area contributed by atoms with Crippen molar-refractivity contribution in [2.24, 2.45) is 5.92 Å². The van der Waals surface area contributed by atoms with Gasteiger partial charge < -0.3 is 15.4 Å². The summed E-state index contributed by atoms with van der Waals surface area (Å²) in [6, 6.07) is 18.3. The zero-order valence-corrected chi connectivity index (χ0v) is 17.9. The summed E-state index contributed by atoms with van der Waals surface area (Å²) in [4.78, 5) is 24.6. The number of ether oxygens (including phenoxy) is 1. The van der Waals surface area contributed by atoms with E-state index in [4.69, 9.17) is 4.74 Å². The number of anilines is 1. The van der Waals surface area contributed by atoms with Crippen molar-refractivity contribution >= 4 is 17.5 Å². The summed E-state index contributed by atoms with van der Waals surface area (Å²) in [5, 5.41) is 5.68. The van der Waals surface area contributed by atoms with Crippen LogP contribution in [0.25, 0.3) is 0 Å². The first-order valence-electron chi connectivity index (χ1n) is 10.8. The summed E-state index contributed by atoms with van der Waals surface area (Å²) < 4.78 is 33.0. The summed E-state index contributed by atoms with van der Waals surface area (Å²) in [7, 11) is 0. The number of carbonyl (C=O) groups is 2. The normalized spacial score (nSPS) is 13.8. The van der Waals surface area contributed by atoms with E-state index in [0.29, 0.717) is 22.6 Å². The molecule has 1 aliphatic rings. The van der Waals surface area contributed by atoms with E-state index in [9.17, 15) is 18.4 Å². The monoisotopic (exact) mass is 450 g/mol. The number of halogens is 2. The number of hydrogen-bond acceptors (Lipinski definition) is 3. The van der Waals surface area contributed by atoms with E-state index < -0.39 is 17.8 Å². The van der Waals surface area contributed by atoms with Crippen LogP contribution in [0.2, 0.25) is 0 Å². The first-order valence-corrected chi connectivity index (χ1v) is 10.8. The van der Waals surface area contributed by atoms with Gasteiger partial charge in [0, 0.05) is 17.7 Å². The smallest absolute Gasteiger partial charge is 0.258 e. The van der Waals surface area contributed by atoms with Crippen molar-refractivity contribution in [1.82, 2.24) is 5.32 Å². The van der Waals surface area contributed by atoms with Gasteiger partial charge in [-0.25, -0.2) is 8.78 Å². The van der Waals surface area contributed by atoms with E-state index in [2.05, 4.69) is 10.6 Å². The van der Waals surface area contributed by atoms with Crippen LogP contribution in [-0.2, 0) is 16.0 Å². The number of rotatable bonds is 9. The zero-order chi connectivity index (χ0) is 23.2. The van der Waals surface area contributed by atoms with Crippen molar-refractivity contribution in [3.63, 3.8) is 0 Å². The molecule has 0 aromatic heterocycles. The molecule has 33 heavy (non-hydrogen) atoms. The van der Waals surface area contributed by atoms with Crippen LogP contribution in [-0.4, -0.2) is 18.4 Å². The molecule has 0 saturated heterocycles. The molecule has 3 aromatic carbocycles. The van der Waals surface area contributed by atoms with Gasteiger partial charge in [-0.1, -0.05) is 30.3 Å². The van der Waals surface area contributed by atoms with Crippen LogP contribution in [0.4, 0.5) is 14.5 Å². The highest BCUT2D eigenvalue weighted by Gasteiger charge is 2.29. The predicted octanol–water partition coefficient (Wildman–Crippen LogP) is 4.79. The molecular weight excluding hydrogens is 426 g/mol. The molecule has 2 N–H and O–H groups in total. The Morgan fingerprint density at radius 2 is 1.67 bits per heavy atom. The van der Waals surface area contributed by atoms with Crippen LogP contribution in [0.5, 0.6) is 5.75 Å². The van der Waals surface area contributed by atoms with Crippen molar-refractivity contribution in [2.45, 2.75) is 25.3 Å². The molecule has 170 valence electrons. The third-order valence-corrected chi connectivity index (χ3v) is 5.33. The molecular formula is C26H24F2N2O3. The minimum atomic E-state index is -0.567. The van der Waals surface area contributed by atoms with Crippen molar-refractivity contribution in [3.05, 3.63) is 95.6 Å². The van der Waals surface area contributed by atoms with Crippen molar-refractivity contribution in [3.8, 4) is 5.75 Å². The van der Waals surface area contributed by atoms with Gasteiger partial charge in [0.05, 0.1) is 6.04 Å². The molecule has 0 spiro atoms. The van der Waals surface area contributed by atoms with E-state index in [1.54, 1.807) is 48.5 Å². The topological polar surface area (TPSA) is 67.4 Å². The molecule has 0 bridgehead atoms. The van der Waals surface area contributed by atoms with E-state index in [1.165, 1.54) is 24.3 Å². The van der Waals surface area contributed by atoms with Crippen LogP contribution >= 0.6 is 0 Å². The lowest BCUT2D eigenvalue weighted by molar-refractivity contribution is -0.124. The molecule has 1 fully saturated rings. The van der Waals surface area contributed by atoms with E-state index >= 15 is 0 Å². The number of amides is 2. The van der Waals surface area contributed by atoms with Gasteiger partial charge in [0.1, 0.15) is 17.4 Å². The zero-order valence-electron chi connectivity index (χ0n) is 17.9. The highest BCUT2D eigenvalue weighted by molar-refractivity contribution is 5.94. The Morgan fingerprint density at radius 1 is 0.939 bits per heavy atom. The molecule has 4 rings (SSSR count). The van der Waals surface area contributed by atoms with Crippen molar-refractivity contribution in [2.75, 3.05) is 11.9 Å². The maximum Gasteiger partial charge on any atom is 0.258 e. The Bertz CT molecular complexity index is 1150. The fraction of sp³-hybridized carbons (Fsp3) is 0.231. The number of hydrogen-bond donors (Lipinski definition) is 2. The molecule has 1 unspecified atom stereocenters. The Kier molecular flexibility index (Phi) is 6.98. The fourth-order valence-corrected chi connectivity index (χ4v) is 3.51. The molecule has 2 amide bonds. The lowest BCUT2D eigenvalue weighted by Crippen LogP contribution is -2.33. The van der Waals surface area contributed by atoms with Gasteiger partial charge in [-0.2, -0.15) is 0 Å². The third kappa shape index (κ3) is 6.62. The van der Waals surface area contributed by atoms with Crippen molar-refractivity contribution < 1.29 is 23.1 Å². The number of benzene rings is 3. The third-order valence-electron chi connectivity index (χ3n) is 5.33. The minimum Gasteiger partial charge on any atom is -0.484 e. The molecule has 1 aliphatic carbocycles. The second-order valence-electron chi connectivity index (χ2n) is 8.09. The maximum atomic E-state index is 13.8. The second-order valence-corrected chi connectivity index (χ2v) is 8.09. The number of carbonyl (C=O) groups excluding carboxylic acids is 2. The molecule has 1 atom stereocenters. The van der Waals surface area contributed by atoms with Crippen molar-refractivity contribution in [1.29, 1.82) is 0 Å². The summed E-state index contributed by atoms with van der Waals surface area (Å²) in [6.07, 6.45) is 2.10. The number of nitrogens with one attached hydrogen (secondary N) is 2. The van der Waals surface area contributed by atoms with E-state index in [-0.39, 0.29) is 30.7 Å². The van der Waals surface area contributed by atoms with Gasteiger partial charge >= 0.3 is 0 Å². The summed E-state index contributed by atoms with van der Waals surface area (Å²) >= 11 is 0. The van der Waals surface area contributed by atoms with Gasteiger partial charge in [0.2, 0.25) is 5.91 Å². The van der Waals surface area contributed by atoms with Crippen LogP contribution in [0.3, 0.4) is 0 Å². The van der Waals surface area contributed by atoms with Crippen LogP contribution < -0.4 is 15.4 Å². The highest BCUT2D eigenvalue weighted by atomic mass is 19.1. The Labute approximate surface area is 190 Å². The molecule has 7 heteroatoms. The van der Waals surface area contributed by atoms with E-state index in [0.717, 1.165) is 12.8 Å². The quantitative estimate of drug-likeness (QED) is 0.493. The first-order chi connectivity index (χ1) is 16.0. The van der Waals surface area contributed by atoms with Crippen LogP contribution in [0.1, 0.15) is 30.0 Å². The first kappa shape index (κ1) is 22.5. The van der Waals surface area contributed by atoms with Gasteiger partial charge in [0.15, 0.2) is 6.61 Å². The average Bonchev–Trinajstić information content (AvgIpc) is 3.63. The molecule has 5 nitrogen and oxygen atoms in total. The molecule has 0 aliphatic heterocycles. The van der Waals surface area contributed by atoms with Crippen LogP contribution in [0.15, 0.2) is 72.8 Å². The SMILES string of the molecule is O=C(COc1cccc(NC(=O)C2CC2)c1)NC(Cc1cccc(F)c1)c1cccc(F)c1. The molecule has 1 saturated carbocycles. The van der Waals surface area contributed by atoms with Gasteiger partial charge in [0.25, 0.3) is 5.91 Å². The minimum absolute atomic E-state index is 0.0137. The Morgan fingerprint density at radius 3 is 2.39 bits per heavy atom. The maximum absolute atomic E-state index is 13.8. The molecule has 3 aromatic rings. The highest BCUT2D eigenvalue weighted by Crippen LogP contribution is 2.30. The Balaban J connectivity index is 1.40. The second kappa shape index (κ2) is 10.3.